The minimum atomic E-state index is -0.995. The van der Waals surface area contributed by atoms with E-state index >= 15 is 0 Å². The van der Waals surface area contributed by atoms with Crippen LogP contribution in [0.5, 0.6) is 11.5 Å². The lowest BCUT2D eigenvalue weighted by Gasteiger charge is -2.26. The lowest BCUT2D eigenvalue weighted by Crippen LogP contribution is -2.25. The van der Waals surface area contributed by atoms with Crippen molar-refractivity contribution in [3.05, 3.63) is 72.4 Å². The van der Waals surface area contributed by atoms with Gasteiger partial charge in [-0.25, -0.2) is 4.79 Å². The average molecular weight is 485 g/mol. The lowest BCUT2D eigenvalue weighted by molar-refractivity contribution is -0.132. The van der Waals surface area contributed by atoms with Crippen LogP contribution in [-0.2, 0) is 27.1 Å². The number of rotatable bonds is 15. The molecule has 2 unspecified atom stereocenters. The fourth-order valence-electron chi connectivity index (χ4n) is 3.89. The van der Waals surface area contributed by atoms with Crippen molar-refractivity contribution in [1.82, 2.24) is 0 Å². The van der Waals surface area contributed by atoms with Crippen LogP contribution in [0, 0.1) is 0 Å². The minimum Gasteiger partial charge on any atom is -0.490 e. The van der Waals surface area contributed by atoms with Gasteiger partial charge in [0.2, 0.25) is 0 Å². The molecule has 2 atom stereocenters. The van der Waals surface area contributed by atoms with Crippen LogP contribution in [0.3, 0.4) is 0 Å². The van der Waals surface area contributed by atoms with Crippen molar-refractivity contribution in [2.45, 2.75) is 25.0 Å². The van der Waals surface area contributed by atoms with Crippen LogP contribution < -0.4 is 9.47 Å². The zero-order valence-electron chi connectivity index (χ0n) is 19.7. The Morgan fingerprint density at radius 3 is 1.89 bits per heavy atom. The third-order valence-corrected chi connectivity index (χ3v) is 5.46. The van der Waals surface area contributed by atoms with Crippen LogP contribution >= 0.6 is 0 Å². The number of hydrogen-bond acceptors (Lipinski definition) is 7. The van der Waals surface area contributed by atoms with Gasteiger partial charge in [-0.3, -0.25) is 0 Å². The second-order valence-electron chi connectivity index (χ2n) is 8.16. The molecule has 0 heterocycles. The number of benzene rings is 2. The van der Waals surface area contributed by atoms with Crippen LogP contribution in [0.25, 0.3) is 10.8 Å². The Hall–Kier alpha value is -3.17. The first-order valence-electron chi connectivity index (χ1n) is 11.4. The molecule has 188 valence electrons. The molecule has 3 rings (SSSR count). The van der Waals surface area contributed by atoms with Gasteiger partial charge in [0.15, 0.2) is 0 Å². The Kier molecular flexibility index (Phi) is 9.86. The minimum absolute atomic E-state index is 0.00262. The summed E-state index contributed by atoms with van der Waals surface area (Å²) in [5, 5.41) is 31.6. The first kappa shape index (κ1) is 26.4. The number of aliphatic carboxylic acids is 1. The summed E-state index contributed by atoms with van der Waals surface area (Å²) in [5.74, 6) is 0.0820. The normalized spacial score (nSPS) is 14.5. The van der Waals surface area contributed by atoms with Crippen molar-refractivity contribution in [3.8, 4) is 11.5 Å². The Morgan fingerprint density at radius 1 is 0.886 bits per heavy atom. The van der Waals surface area contributed by atoms with Gasteiger partial charge in [0.25, 0.3) is 0 Å². The molecule has 2 aromatic carbocycles. The summed E-state index contributed by atoms with van der Waals surface area (Å²) in [6.07, 6.45) is 3.63. The number of carboxylic acids is 1. The number of fused-ring (bicyclic) bond motifs is 2. The highest BCUT2D eigenvalue weighted by molar-refractivity contribution is 5.97. The molecule has 0 saturated carbocycles. The fourth-order valence-corrected chi connectivity index (χ4v) is 3.89. The number of hydrogen-bond donors (Lipinski definition) is 3. The Morgan fingerprint density at radius 2 is 1.40 bits per heavy atom. The van der Waals surface area contributed by atoms with E-state index in [4.69, 9.17) is 18.9 Å². The molecule has 35 heavy (non-hydrogen) atoms. The average Bonchev–Trinajstić information content (AvgIpc) is 2.86. The molecule has 0 fully saturated rings. The highest BCUT2D eigenvalue weighted by Gasteiger charge is 2.27. The quantitative estimate of drug-likeness (QED) is 0.261. The standard InChI is InChI=1S/C27H32O8/c1-3-11-32-14-19(28)16-34-25-21-7-5-6-8-22(21)26(35-17-20(29)15-33-12-4-2)24-13-18(27(30)31)9-10-23(24)25/h3-9,19-20,28-29H,1-2,10-17H2,(H,30,31). The van der Waals surface area contributed by atoms with Crippen molar-refractivity contribution in [1.29, 1.82) is 0 Å². The monoisotopic (exact) mass is 484 g/mol. The highest BCUT2D eigenvalue weighted by atomic mass is 16.5. The zero-order valence-corrected chi connectivity index (χ0v) is 19.7. The molecule has 0 radical (unpaired) electrons. The van der Waals surface area contributed by atoms with E-state index in [1.807, 2.05) is 24.3 Å². The number of ether oxygens (including phenoxy) is 4. The predicted molar refractivity (Wildman–Crippen MR) is 132 cm³/mol. The molecule has 0 saturated heterocycles. The maximum Gasteiger partial charge on any atom is 0.331 e. The van der Waals surface area contributed by atoms with E-state index in [1.165, 1.54) is 0 Å². The Bertz CT molecular complexity index is 1070. The van der Waals surface area contributed by atoms with Gasteiger partial charge in [-0.2, -0.15) is 0 Å². The number of aliphatic hydroxyl groups excluding tert-OH is 2. The Balaban J connectivity index is 1.94. The Labute approximate surface area is 204 Å². The van der Waals surface area contributed by atoms with Crippen molar-refractivity contribution < 1.29 is 39.1 Å². The van der Waals surface area contributed by atoms with Gasteiger partial charge in [-0.05, 0) is 6.42 Å². The van der Waals surface area contributed by atoms with Crippen LogP contribution in [0.2, 0.25) is 0 Å². The van der Waals surface area contributed by atoms with Crippen LogP contribution in [0.1, 0.15) is 11.1 Å². The SMILES string of the molecule is C=CCOCC(O)COc1c2c(c(OCC(O)COCC=C)c3ccccc13)CC(C(=O)O)=CC2. The third-order valence-electron chi connectivity index (χ3n) is 5.46. The topological polar surface area (TPSA) is 115 Å². The molecule has 0 spiro atoms. The van der Waals surface area contributed by atoms with Crippen LogP contribution in [0.4, 0.5) is 0 Å². The first-order chi connectivity index (χ1) is 17.0. The summed E-state index contributed by atoms with van der Waals surface area (Å²) in [5.41, 5.74) is 1.74. The molecule has 0 aromatic heterocycles. The molecule has 8 nitrogen and oxygen atoms in total. The van der Waals surface area contributed by atoms with Crippen molar-refractivity contribution >= 4 is 16.7 Å². The summed E-state index contributed by atoms with van der Waals surface area (Å²) in [7, 11) is 0. The van der Waals surface area contributed by atoms with Gasteiger partial charge in [-0.15, -0.1) is 13.2 Å². The van der Waals surface area contributed by atoms with Gasteiger partial charge in [0, 0.05) is 33.9 Å². The number of allylic oxidation sites excluding steroid dienone is 1. The lowest BCUT2D eigenvalue weighted by atomic mass is 9.87. The van der Waals surface area contributed by atoms with Gasteiger partial charge in [0.05, 0.1) is 26.4 Å². The van der Waals surface area contributed by atoms with Gasteiger partial charge < -0.3 is 34.3 Å². The van der Waals surface area contributed by atoms with Crippen LogP contribution in [0.15, 0.2) is 61.2 Å². The van der Waals surface area contributed by atoms with Gasteiger partial charge >= 0.3 is 5.97 Å². The number of carbonyl (C=O) groups is 1. The van der Waals surface area contributed by atoms with E-state index in [-0.39, 0.29) is 38.4 Å². The van der Waals surface area contributed by atoms with Gasteiger partial charge in [0.1, 0.15) is 36.9 Å². The van der Waals surface area contributed by atoms with E-state index in [0.29, 0.717) is 36.7 Å². The first-order valence-corrected chi connectivity index (χ1v) is 11.4. The van der Waals surface area contributed by atoms with E-state index < -0.39 is 18.2 Å². The smallest absolute Gasteiger partial charge is 0.331 e. The summed E-state index contributed by atoms with van der Waals surface area (Å²) in [4.78, 5) is 11.7. The number of aliphatic hydroxyl groups is 2. The van der Waals surface area contributed by atoms with Gasteiger partial charge in [-0.1, -0.05) is 42.5 Å². The van der Waals surface area contributed by atoms with E-state index in [9.17, 15) is 20.1 Å². The second-order valence-corrected chi connectivity index (χ2v) is 8.16. The summed E-state index contributed by atoms with van der Waals surface area (Å²) >= 11 is 0. The van der Waals surface area contributed by atoms with Crippen LogP contribution in [-0.4, -0.2) is 73.1 Å². The maximum atomic E-state index is 11.7. The molecule has 8 heteroatoms. The molecule has 0 amide bonds. The second kappa shape index (κ2) is 13.1. The molecule has 1 aliphatic rings. The van der Waals surface area contributed by atoms with E-state index in [0.717, 1.165) is 16.3 Å². The largest absolute Gasteiger partial charge is 0.490 e. The fraction of sp³-hybridized carbons (Fsp3) is 0.370. The summed E-state index contributed by atoms with van der Waals surface area (Å²) in [6.45, 7) is 7.96. The molecular formula is C27H32O8. The zero-order chi connectivity index (χ0) is 25.2. The molecule has 0 aliphatic heterocycles. The summed E-state index contributed by atoms with van der Waals surface area (Å²) in [6, 6.07) is 7.47. The molecular weight excluding hydrogens is 452 g/mol. The van der Waals surface area contributed by atoms with Crippen molar-refractivity contribution in [2.24, 2.45) is 0 Å². The molecule has 3 N–H and O–H groups in total. The van der Waals surface area contributed by atoms with Crippen molar-refractivity contribution in [3.63, 3.8) is 0 Å². The molecule has 2 aromatic rings. The molecule has 1 aliphatic carbocycles. The maximum absolute atomic E-state index is 11.7. The summed E-state index contributed by atoms with van der Waals surface area (Å²) < 4.78 is 22.8. The van der Waals surface area contributed by atoms with E-state index in [2.05, 4.69) is 13.2 Å². The highest BCUT2D eigenvalue weighted by Crippen LogP contribution is 2.44. The third kappa shape index (κ3) is 6.93. The van der Waals surface area contributed by atoms with E-state index in [1.54, 1.807) is 18.2 Å². The predicted octanol–water partition coefficient (Wildman–Crippen LogP) is 2.83. The van der Waals surface area contributed by atoms with Crippen molar-refractivity contribution in [2.75, 3.05) is 39.6 Å². The number of carboxylic acid groups (broad SMARTS) is 1. The molecule has 0 bridgehead atoms.